The minimum atomic E-state index is -0.916. The second-order valence-corrected chi connectivity index (χ2v) is 6.11. The predicted octanol–water partition coefficient (Wildman–Crippen LogP) is 2.07. The van der Waals surface area contributed by atoms with Crippen molar-refractivity contribution in [2.24, 2.45) is 0 Å². The van der Waals surface area contributed by atoms with Crippen LogP contribution in [0.15, 0.2) is 24.5 Å². The number of nitro benzene ring substituents is 1. The van der Waals surface area contributed by atoms with Crippen molar-refractivity contribution in [1.82, 2.24) is 15.3 Å². The van der Waals surface area contributed by atoms with Gasteiger partial charge in [-0.1, -0.05) is 13.0 Å². The first kappa shape index (κ1) is 16.1. The normalized spacial score (nSPS) is 22.8. The Hall–Kier alpha value is -2.74. The maximum Gasteiger partial charge on any atom is 0.321 e. The third-order valence-corrected chi connectivity index (χ3v) is 4.52. The zero-order valence-corrected chi connectivity index (χ0v) is 13.3. The molecule has 2 aromatic rings. The Kier molecular flexibility index (Phi) is 4.06. The molecule has 3 rings (SSSR count). The monoisotopic (exact) mass is 330 g/mol. The summed E-state index contributed by atoms with van der Waals surface area (Å²) in [5.41, 5.74) is 3.19. The van der Waals surface area contributed by atoms with Crippen molar-refractivity contribution < 1.29 is 14.8 Å². The van der Waals surface area contributed by atoms with Gasteiger partial charge >= 0.3 is 5.97 Å². The first-order chi connectivity index (χ1) is 11.4. The molecule has 0 saturated carbocycles. The molecule has 3 atom stereocenters. The van der Waals surface area contributed by atoms with E-state index in [1.165, 1.54) is 6.07 Å². The second kappa shape index (κ2) is 6.04. The summed E-state index contributed by atoms with van der Waals surface area (Å²) in [6.45, 7) is 3.53. The Morgan fingerprint density at radius 2 is 2.21 bits per heavy atom. The number of nitrogens with one attached hydrogen (secondary N) is 2. The maximum atomic E-state index is 11.5. The third kappa shape index (κ3) is 2.76. The van der Waals surface area contributed by atoms with E-state index in [9.17, 15) is 20.0 Å². The van der Waals surface area contributed by atoms with E-state index in [-0.39, 0.29) is 17.6 Å². The molecular formula is C16H18N4O4. The third-order valence-electron chi connectivity index (χ3n) is 4.52. The number of aromatic amines is 1. The van der Waals surface area contributed by atoms with Crippen LogP contribution in [-0.4, -0.2) is 32.0 Å². The molecular weight excluding hydrogens is 312 g/mol. The SMILES string of the molecule is Cc1cc(CC2NC(C(=O)O)C(C)c3nc[nH]c32)ccc1[N+](=O)[O-]. The van der Waals surface area contributed by atoms with Crippen LogP contribution in [0.2, 0.25) is 0 Å². The molecule has 3 unspecified atom stereocenters. The number of carbonyl (C=O) groups is 1. The Morgan fingerprint density at radius 1 is 1.46 bits per heavy atom. The molecule has 0 radical (unpaired) electrons. The number of carboxylic acid groups (broad SMARTS) is 1. The molecule has 8 nitrogen and oxygen atoms in total. The van der Waals surface area contributed by atoms with Crippen molar-refractivity contribution in [1.29, 1.82) is 0 Å². The standard InChI is InChI=1S/C16H18N4O4/c1-8-5-10(3-4-12(8)20(23)24)6-11-15-13(17-7-18-15)9(2)14(19-11)16(21)22/h3-5,7,9,11,14,19H,6H2,1-2H3,(H,17,18)(H,21,22). The van der Waals surface area contributed by atoms with Gasteiger partial charge in [-0.15, -0.1) is 0 Å². The molecule has 0 aliphatic carbocycles. The van der Waals surface area contributed by atoms with Crippen LogP contribution in [0.25, 0.3) is 0 Å². The van der Waals surface area contributed by atoms with Gasteiger partial charge < -0.3 is 10.1 Å². The number of benzene rings is 1. The fourth-order valence-corrected chi connectivity index (χ4v) is 3.29. The van der Waals surface area contributed by atoms with Crippen molar-refractivity contribution in [3.05, 3.63) is 57.2 Å². The number of aliphatic carboxylic acids is 1. The average molecular weight is 330 g/mol. The van der Waals surface area contributed by atoms with Gasteiger partial charge in [0.15, 0.2) is 0 Å². The lowest BCUT2D eigenvalue weighted by Gasteiger charge is -2.32. The van der Waals surface area contributed by atoms with E-state index in [4.69, 9.17) is 0 Å². The van der Waals surface area contributed by atoms with Crippen LogP contribution in [0.5, 0.6) is 0 Å². The lowest BCUT2D eigenvalue weighted by molar-refractivity contribution is -0.385. The van der Waals surface area contributed by atoms with Crippen LogP contribution in [0, 0.1) is 17.0 Å². The molecule has 1 aromatic carbocycles. The van der Waals surface area contributed by atoms with E-state index in [1.54, 1.807) is 25.4 Å². The van der Waals surface area contributed by atoms with Gasteiger partial charge in [0.05, 0.1) is 28.7 Å². The lowest BCUT2D eigenvalue weighted by atomic mass is 9.87. The number of fused-ring (bicyclic) bond motifs is 1. The molecule has 0 bridgehead atoms. The Morgan fingerprint density at radius 3 is 2.83 bits per heavy atom. The molecule has 126 valence electrons. The topological polar surface area (TPSA) is 121 Å². The largest absolute Gasteiger partial charge is 0.480 e. The highest BCUT2D eigenvalue weighted by Crippen LogP contribution is 2.33. The van der Waals surface area contributed by atoms with E-state index in [0.29, 0.717) is 12.0 Å². The van der Waals surface area contributed by atoms with Gasteiger partial charge in [-0.05, 0) is 25.0 Å². The highest BCUT2D eigenvalue weighted by molar-refractivity contribution is 5.75. The number of H-pyrrole nitrogens is 1. The van der Waals surface area contributed by atoms with Crippen LogP contribution < -0.4 is 5.32 Å². The van der Waals surface area contributed by atoms with Gasteiger partial charge in [0, 0.05) is 17.5 Å². The second-order valence-electron chi connectivity index (χ2n) is 6.11. The maximum absolute atomic E-state index is 11.5. The molecule has 8 heteroatoms. The fourth-order valence-electron chi connectivity index (χ4n) is 3.29. The highest BCUT2D eigenvalue weighted by atomic mass is 16.6. The summed E-state index contributed by atoms with van der Waals surface area (Å²) in [7, 11) is 0. The first-order valence-electron chi connectivity index (χ1n) is 7.64. The van der Waals surface area contributed by atoms with Crippen molar-refractivity contribution in [2.45, 2.75) is 38.3 Å². The molecule has 0 spiro atoms. The van der Waals surface area contributed by atoms with Crippen LogP contribution in [-0.2, 0) is 11.2 Å². The number of aryl methyl sites for hydroxylation is 1. The van der Waals surface area contributed by atoms with E-state index in [0.717, 1.165) is 17.0 Å². The summed E-state index contributed by atoms with van der Waals surface area (Å²) in [6.07, 6.45) is 2.09. The van der Waals surface area contributed by atoms with Crippen LogP contribution in [0.3, 0.4) is 0 Å². The van der Waals surface area contributed by atoms with Crippen LogP contribution >= 0.6 is 0 Å². The highest BCUT2D eigenvalue weighted by Gasteiger charge is 2.37. The van der Waals surface area contributed by atoms with Crippen LogP contribution in [0.4, 0.5) is 5.69 Å². The number of hydrogen-bond acceptors (Lipinski definition) is 5. The fraction of sp³-hybridized carbons (Fsp3) is 0.375. The van der Waals surface area contributed by atoms with Crippen LogP contribution in [0.1, 0.15) is 41.4 Å². The van der Waals surface area contributed by atoms with Gasteiger partial charge in [-0.3, -0.25) is 20.2 Å². The van der Waals surface area contributed by atoms with Gasteiger partial charge in [-0.2, -0.15) is 0 Å². The number of aromatic nitrogens is 2. The van der Waals surface area contributed by atoms with Crippen molar-refractivity contribution in [3.8, 4) is 0 Å². The molecule has 0 amide bonds. The molecule has 24 heavy (non-hydrogen) atoms. The molecule has 0 saturated heterocycles. The summed E-state index contributed by atoms with van der Waals surface area (Å²) in [6, 6.07) is 4.00. The Balaban J connectivity index is 1.90. The number of rotatable bonds is 4. The van der Waals surface area contributed by atoms with E-state index >= 15 is 0 Å². The number of nitrogens with zero attached hydrogens (tertiary/aromatic N) is 2. The number of carboxylic acids is 1. The molecule has 2 heterocycles. The predicted molar refractivity (Wildman–Crippen MR) is 85.8 cm³/mol. The minimum absolute atomic E-state index is 0.0783. The van der Waals surface area contributed by atoms with Crippen molar-refractivity contribution in [2.75, 3.05) is 0 Å². The molecule has 1 aromatic heterocycles. The van der Waals surface area contributed by atoms with Crippen molar-refractivity contribution >= 4 is 11.7 Å². The molecule has 0 fully saturated rings. The Labute approximate surface area is 138 Å². The van der Waals surface area contributed by atoms with E-state index < -0.39 is 16.9 Å². The molecule has 3 N–H and O–H groups in total. The number of hydrogen-bond donors (Lipinski definition) is 3. The summed E-state index contributed by atoms with van der Waals surface area (Å²) in [4.78, 5) is 29.4. The Bertz CT molecular complexity index is 801. The number of nitro groups is 1. The summed E-state index contributed by atoms with van der Waals surface area (Å²) < 4.78 is 0. The van der Waals surface area contributed by atoms with E-state index in [1.807, 2.05) is 6.92 Å². The zero-order valence-electron chi connectivity index (χ0n) is 13.3. The minimum Gasteiger partial charge on any atom is -0.480 e. The van der Waals surface area contributed by atoms with Gasteiger partial charge in [0.2, 0.25) is 0 Å². The molecule has 1 aliphatic heterocycles. The molecule has 1 aliphatic rings. The smallest absolute Gasteiger partial charge is 0.321 e. The van der Waals surface area contributed by atoms with Gasteiger partial charge in [0.1, 0.15) is 6.04 Å². The average Bonchev–Trinajstić information content (AvgIpc) is 2.99. The quantitative estimate of drug-likeness (QED) is 0.583. The summed E-state index contributed by atoms with van der Waals surface area (Å²) >= 11 is 0. The summed E-state index contributed by atoms with van der Waals surface area (Å²) in [5.74, 6) is -1.15. The zero-order chi connectivity index (χ0) is 17.4. The first-order valence-corrected chi connectivity index (χ1v) is 7.64. The van der Waals surface area contributed by atoms with E-state index in [2.05, 4.69) is 15.3 Å². The van der Waals surface area contributed by atoms with Gasteiger partial charge in [-0.25, -0.2) is 4.98 Å². The number of imidazole rings is 1. The summed E-state index contributed by atoms with van der Waals surface area (Å²) in [5, 5.41) is 23.5. The van der Waals surface area contributed by atoms with Gasteiger partial charge in [0.25, 0.3) is 5.69 Å². The lowest BCUT2D eigenvalue weighted by Crippen LogP contribution is -2.47. The van der Waals surface area contributed by atoms with Crippen molar-refractivity contribution in [3.63, 3.8) is 0 Å².